The SMILES string of the molecule is CC1(C)c2cc(N(C3=C4Oc5ccccc5C4CC=C3)c3ccccc3)ccc2-c2ccc(N(c3ccccc3)c3cccc4c3oc3ccccc34)cc21. The zero-order valence-electron chi connectivity index (χ0n) is 30.7. The third kappa shape index (κ3) is 4.84. The molecule has 1 atom stereocenters. The van der Waals surface area contributed by atoms with E-state index in [1.165, 1.54) is 27.8 Å². The molecule has 0 fully saturated rings. The van der Waals surface area contributed by atoms with E-state index in [1.54, 1.807) is 0 Å². The van der Waals surface area contributed by atoms with Gasteiger partial charge in [-0.1, -0.05) is 117 Å². The molecule has 0 spiro atoms. The Kier molecular flexibility index (Phi) is 6.99. The molecule has 7 aromatic carbocycles. The van der Waals surface area contributed by atoms with Gasteiger partial charge >= 0.3 is 0 Å². The van der Waals surface area contributed by atoms with Gasteiger partial charge in [-0.3, -0.25) is 0 Å². The van der Waals surface area contributed by atoms with Gasteiger partial charge in [0.25, 0.3) is 0 Å². The fraction of sp³-hybridized carbons (Fsp3) is 0.0980. The van der Waals surface area contributed by atoms with Gasteiger partial charge in [-0.05, 0) is 101 Å². The van der Waals surface area contributed by atoms with Crippen molar-refractivity contribution in [1.82, 2.24) is 0 Å². The third-order valence-corrected chi connectivity index (χ3v) is 11.8. The van der Waals surface area contributed by atoms with Gasteiger partial charge in [-0.25, -0.2) is 0 Å². The molecule has 1 aromatic heterocycles. The van der Waals surface area contributed by atoms with E-state index in [0.717, 1.165) is 74.0 Å². The van der Waals surface area contributed by atoms with Crippen LogP contribution in [0.1, 0.15) is 42.9 Å². The number of hydrogen-bond donors (Lipinski definition) is 0. The van der Waals surface area contributed by atoms with Gasteiger partial charge in [0.2, 0.25) is 0 Å². The Morgan fingerprint density at radius 1 is 0.564 bits per heavy atom. The number of hydrogen-bond acceptors (Lipinski definition) is 4. The zero-order valence-corrected chi connectivity index (χ0v) is 30.7. The monoisotopic (exact) mass is 710 g/mol. The first-order valence-electron chi connectivity index (χ1n) is 19.1. The summed E-state index contributed by atoms with van der Waals surface area (Å²) < 4.78 is 13.3. The number of ether oxygens (including phenoxy) is 1. The predicted octanol–water partition coefficient (Wildman–Crippen LogP) is 13.8. The standard InChI is InChI=1S/C51H38N2O2/c1-51(2)43-31-35(52(33-15-5-3-6-16-33)45-23-13-21-41-39-19-9-11-25-47(39)54-49(41)45)27-29-37(43)38-30-28-36(32-44(38)51)53(34-17-7-4-8-18-34)46-24-14-22-42-40-20-10-12-26-48(40)55-50(42)46/h3-21,23-32,42H,22H2,1-2H3. The van der Waals surface area contributed by atoms with Gasteiger partial charge in [0, 0.05) is 44.5 Å². The average Bonchev–Trinajstić information content (AvgIpc) is 3.88. The average molecular weight is 711 g/mol. The van der Waals surface area contributed by atoms with Crippen molar-refractivity contribution in [2.45, 2.75) is 31.6 Å². The number of rotatable bonds is 6. The Morgan fingerprint density at radius 2 is 1.18 bits per heavy atom. The molecule has 1 aliphatic heterocycles. The van der Waals surface area contributed by atoms with E-state index >= 15 is 0 Å². The summed E-state index contributed by atoms with van der Waals surface area (Å²) in [5.74, 6) is 2.17. The van der Waals surface area contributed by atoms with E-state index in [9.17, 15) is 0 Å². The molecule has 4 heteroatoms. The number of fused-ring (bicyclic) bond motifs is 9. The maximum Gasteiger partial charge on any atom is 0.159 e. The first-order valence-corrected chi connectivity index (χ1v) is 19.1. The summed E-state index contributed by atoms with van der Waals surface area (Å²) in [6.45, 7) is 4.72. The Labute approximate surface area is 320 Å². The first-order chi connectivity index (χ1) is 27.0. The van der Waals surface area contributed by atoms with Crippen molar-refractivity contribution in [3.63, 3.8) is 0 Å². The maximum atomic E-state index is 6.66. The summed E-state index contributed by atoms with van der Waals surface area (Å²) in [6.07, 6.45) is 5.47. The number of benzene rings is 7. The predicted molar refractivity (Wildman–Crippen MR) is 225 cm³/mol. The van der Waals surface area contributed by atoms with Crippen molar-refractivity contribution in [2.75, 3.05) is 9.80 Å². The van der Waals surface area contributed by atoms with Crippen LogP contribution >= 0.6 is 0 Å². The van der Waals surface area contributed by atoms with Crippen LogP contribution in [0.4, 0.5) is 28.4 Å². The van der Waals surface area contributed by atoms with E-state index in [-0.39, 0.29) is 11.3 Å². The lowest BCUT2D eigenvalue weighted by atomic mass is 9.82. The topological polar surface area (TPSA) is 28.9 Å². The van der Waals surface area contributed by atoms with E-state index in [1.807, 2.05) is 12.1 Å². The number of allylic oxidation sites excluding steroid dienone is 3. The van der Waals surface area contributed by atoms with E-state index in [4.69, 9.17) is 9.15 Å². The van der Waals surface area contributed by atoms with Crippen molar-refractivity contribution < 1.29 is 9.15 Å². The summed E-state index contributed by atoms with van der Waals surface area (Å²) >= 11 is 0. The van der Waals surface area contributed by atoms with Gasteiger partial charge in [0.15, 0.2) is 5.58 Å². The normalized spacial score (nSPS) is 16.1. The van der Waals surface area contributed by atoms with Crippen LogP contribution in [0.15, 0.2) is 192 Å². The van der Waals surface area contributed by atoms with Crippen LogP contribution in [-0.2, 0) is 5.41 Å². The Hall–Kier alpha value is -6.78. The third-order valence-electron chi connectivity index (χ3n) is 11.8. The quantitative estimate of drug-likeness (QED) is 0.172. The van der Waals surface area contributed by atoms with Gasteiger partial charge < -0.3 is 19.0 Å². The lowest BCUT2D eigenvalue weighted by Crippen LogP contribution is -2.22. The van der Waals surface area contributed by atoms with Crippen LogP contribution in [0.2, 0.25) is 0 Å². The highest BCUT2D eigenvalue weighted by Gasteiger charge is 2.39. The minimum Gasteiger partial charge on any atom is -0.459 e. The van der Waals surface area contributed by atoms with E-state index < -0.39 is 0 Å². The Morgan fingerprint density at radius 3 is 1.93 bits per heavy atom. The van der Waals surface area contributed by atoms with Crippen molar-refractivity contribution in [3.8, 4) is 16.9 Å². The minimum atomic E-state index is -0.268. The second kappa shape index (κ2) is 12.1. The van der Waals surface area contributed by atoms with Crippen LogP contribution in [-0.4, -0.2) is 0 Å². The van der Waals surface area contributed by atoms with Crippen LogP contribution in [0.5, 0.6) is 5.75 Å². The second-order valence-corrected chi connectivity index (χ2v) is 15.3. The molecule has 11 rings (SSSR count). The van der Waals surface area contributed by atoms with E-state index in [2.05, 4.69) is 187 Å². The first kappa shape index (κ1) is 31.7. The van der Waals surface area contributed by atoms with E-state index in [0.29, 0.717) is 0 Å². The molecule has 0 bridgehead atoms. The Bertz CT molecular complexity index is 2860. The molecule has 0 saturated carbocycles. The number of anilines is 5. The van der Waals surface area contributed by atoms with Gasteiger partial charge in [-0.2, -0.15) is 0 Å². The Balaban J connectivity index is 1.04. The molecule has 1 unspecified atom stereocenters. The van der Waals surface area contributed by atoms with Gasteiger partial charge in [0.1, 0.15) is 17.1 Å². The molecule has 2 aliphatic carbocycles. The van der Waals surface area contributed by atoms with Gasteiger partial charge in [-0.15, -0.1) is 0 Å². The molecule has 0 radical (unpaired) electrons. The molecule has 0 N–H and O–H groups in total. The summed E-state index contributed by atoms with van der Waals surface area (Å²) in [7, 11) is 0. The molecule has 0 amide bonds. The van der Waals surface area contributed by atoms with Crippen LogP contribution < -0.4 is 14.5 Å². The maximum absolute atomic E-state index is 6.66. The zero-order chi connectivity index (χ0) is 36.7. The highest BCUT2D eigenvalue weighted by Crippen LogP contribution is 2.54. The highest BCUT2D eigenvalue weighted by molar-refractivity contribution is 6.10. The summed E-state index contributed by atoms with van der Waals surface area (Å²) in [6, 6.07) is 58.5. The second-order valence-electron chi connectivity index (χ2n) is 15.3. The molecular formula is C51H38N2O2. The van der Waals surface area contributed by atoms with Crippen molar-refractivity contribution in [3.05, 3.63) is 204 Å². The van der Waals surface area contributed by atoms with Crippen LogP contribution in [0.3, 0.4) is 0 Å². The van der Waals surface area contributed by atoms with Crippen molar-refractivity contribution >= 4 is 50.4 Å². The number of para-hydroxylation sites is 5. The molecule has 55 heavy (non-hydrogen) atoms. The fourth-order valence-corrected chi connectivity index (χ4v) is 9.15. The molecule has 8 aromatic rings. The number of nitrogens with zero attached hydrogens (tertiary/aromatic N) is 2. The molecular weight excluding hydrogens is 673 g/mol. The van der Waals surface area contributed by atoms with Gasteiger partial charge in [0.05, 0.1) is 17.3 Å². The molecule has 0 saturated heterocycles. The lowest BCUT2D eigenvalue weighted by molar-refractivity contribution is 0.418. The van der Waals surface area contributed by atoms with Crippen LogP contribution in [0, 0.1) is 0 Å². The summed E-state index contributed by atoms with van der Waals surface area (Å²) in [5.41, 5.74) is 14.4. The minimum absolute atomic E-state index is 0.203. The molecule has 3 aliphatic rings. The molecule has 4 nitrogen and oxygen atoms in total. The smallest absolute Gasteiger partial charge is 0.159 e. The number of furan rings is 1. The fourth-order valence-electron chi connectivity index (χ4n) is 9.15. The summed E-state index contributed by atoms with van der Waals surface area (Å²) in [4.78, 5) is 4.71. The highest BCUT2D eigenvalue weighted by atomic mass is 16.5. The van der Waals surface area contributed by atoms with Crippen LogP contribution in [0.25, 0.3) is 33.1 Å². The van der Waals surface area contributed by atoms with Crippen molar-refractivity contribution in [1.29, 1.82) is 0 Å². The molecule has 264 valence electrons. The largest absolute Gasteiger partial charge is 0.459 e. The lowest BCUT2D eigenvalue weighted by Gasteiger charge is -2.31. The molecule has 2 heterocycles. The summed E-state index contributed by atoms with van der Waals surface area (Å²) in [5, 5.41) is 2.23. The van der Waals surface area contributed by atoms with Crippen molar-refractivity contribution in [2.24, 2.45) is 0 Å².